The molecule has 0 atom stereocenters. The second kappa shape index (κ2) is 7.34. The van der Waals surface area contributed by atoms with Gasteiger partial charge in [-0.1, -0.05) is 45.1 Å². The molecule has 0 bridgehead atoms. The summed E-state index contributed by atoms with van der Waals surface area (Å²) in [5.74, 6) is 1.56. The summed E-state index contributed by atoms with van der Waals surface area (Å²) in [7, 11) is 0. The number of benzene rings is 1. The normalized spacial score (nSPS) is 11.1. The minimum absolute atomic E-state index is 0.186. The van der Waals surface area contributed by atoms with Gasteiger partial charge in [0.05, 0.1) is 18.2 Å². The van der Waals surface area contributed by atoms with E-state index < -0.39 is 0 Å². The molecule has 1 aromatic carbocycles. The number of rotatable bonds is 8. The molecular weight excluding hydrogens is 258 g/mol. The van der Waals surface area contributed by atoms with E-state index in [4.69, 9.17) is 27.4 Å². The van der Waals surface area contributed by atoms with Crippen molar-refractivity contribution in [3.63, 3.8) is 0 Å². The first kappa shape index (κ1) is 15.8. The molecule has 0 saturated heterocycles. The first-order valence-corrected chi connectivity index (χ1v) is 7.02. The molecular formula is C15H23NO2S. The van der Waals surface area contributed by atoms with Gasteiger partial charge in [0.25, 0.3) is 0 Å². The second-order valence-electron chi connectivity index (χ2n) is 5.14. The van der Waals surface area contributed by atoms with Gasteiger partial charge in [-0.05, 0) is 25.0 Å². The first-order chi connectivity index (χ1) is 8.97. The van der Waals surface area contributed by atoms with Crippen LogP contribution in [0.3, 0.4) is 0 Å². The fraction of sp³-hybridized carbons (Fsp3) is 0.533. The topological polar surface area (TPSA) is 44.5 Å². The van der Waals surface area contributed by atoms with E-state index in [0.29, 0.717) is 18.2 Å². The minimum Gasteiger partial charge on any atom is -0.490 e. The monoisotopic (exact) mass is 281 g/mol. The van der Waals surface area contributed by atoms with E-state index in [0.717, 1.165) is 24.3 Å². The molecule has 0 aliphatic heterocycles. The van der Waals surface area contributed by atoms with Gasteiger partial charge in [0.15, 0.2) is 11.5 Å². The average Bonchev–Trinajstić information content (AvgIpc) is 2.37. The van der Waals surface area contributed by atoms with Gasteiger partial charge in [0.1, 0.15) is 0 Å². The molecule has 0 fully saturated rings. The van der Waals surface area contributed by atoms with E-state index in [1.807, 2.05) is 38.1 Å². The zero-order valence-corrected chi connectivity index (χ0v) is 12.8. The van der Waals surface area contributed by atoms with Crippen molar-refractivity contribution in [3.8, 4) is 11.5 Å². The van der Waals surface area contributed by atoms with Crippen LogP contribution in [0.2, 0.25) is 0 Å². The van der Waals surface area contributed by atoms with Crippen molar-refractivity contribution in [2.24, 2.45) is 11.1 Å². The number of para-hydroxylation sites is 2. The lowest BCUT2D eigenvalue weighted by molar-refractivity contribution is 0.245. The van der Waals surface area contributed by atoms with E-state index in [1.54, 1.807) is 0 Å². The molecule has 0 radical (unpaired) electrons. The van der Waals surface area contributed by atoms with Gasteiger partial charge < -0.3 is 15.2 Å². The Kier molecular flexibility index (Phi) is 6.09. The van der Waals surface area contributed by atoms with Crippen LogP contribution in [-0.2, 0) is 0 Å². The lowest BCUT2D eigenvalue weighted by Gasteiger charge is -2.23. The maximum Gasteiger partial charge on any atom is 0.161 e. The molecule has 0 unspecified atom stereocenters. The van der Waals surface area contributed by atoms with Gasteiger partial charge >= 0.3 is 0 Å². The highest BCUT2D eigenvalue weighted by molar-refractivity contribution is 7.80. The highest BCUT2D eigenvalue weighted by atomic mass is 32.1. The van der Waals surface area contributed by atoms with Crippen LogP contribution in [0.1, 0.15) is 33.6 Å². The van der Waals surface area contributed by atoms with Crippen LogP contribution >= 0.6 is 12.2 Å². The molecule has 3 nitrogen and oxygen atoms in total. The predicted molar refractivity (Wildman–Crippen MR) is 82.9 cm³/mol. The number of hydrogen-bond acceptors (Lipinski definition) is 3. The van der Waals surface area contributed by atoms with Crippen molar-refractivity contribution in [2.75, 3.05) is 13.2 Å². The number of ether oxygens (including phenoxy) is 2. The third-order valence-electron chi connectivity index (χ3n) is 2.96. The van der Waals surface area contributed by atoms with E-state index in [2.05, 4.69) is 6.92 Å². The van der Waals surface area contributed by atoms with Crippen molar-refractivity contribution in [2.45, 2.75) is 33.6 Å². The van der Waals surface area contributed by atoms with E-state index in [1.165, 1.54) is 0 Å². The van der Waals surface area contributed by atoms with Crippen LogP contribution in [0.25, 0.3) is 0 Å². The van der Waals surface area contributed by atoms with Gasteiger partial charge in [-0.3, -0.25) is 0 Å². The molecule has 106 valence electrons. The first-order valence-electron chi connectivity index (χ1n) is 6.62. The quantitative estimate of drug-likeness (QED) is 0.740. The summed E-state index contributed by atoms with van der Waals surface area (Å²) in [5, 5.41) is 0. The molecule has 0 heterocycles. The van der Waals surface area contributed by atoms with Gasteiger partial charge in [-0.2, -0.15) is 0 Å². The Bertz CT molecular complexity index is 418. The van der Waals surface area contributed by atoms with Gasteiger partial charge in [0, 0.05) is 5.41 Å². The summed E-state index contributed by atoms with van der Waals surface area (Å²) in [4.78, 5) is 0.520. The van der Waals surface area contributed by atoms with Crippen LogP contribution in [0, 0.1) is 5.41 Å². The van der Waals surface area contributed by atoms with Crippen molar-refractivity contribution < 1.29 is 9.47 Å². The summed E-state index contributed by atoms with van der Waals surface area (Å²) < 4.78 is 11.4. The van der Waals surface area contributed by atoms with Crippen LogP contribution < -0.4 is 15.2 Å². The van der Waals surface area contributed by atoms with Crippen LogP contribution in [0.5, 0.6) is 11.5 Å². The predicted octanol–water partition coefficient (Wildman–Crippen LogP) is 3.56. The smallest absolute Gasteiger partial charge is 0.161 e. The Morgan fingerprint density at radius 2 is 1.68 bits per heavy atom. The standard InChI is InChI=1S/C15H23NO2S/c1-4-10-17-12-7-5-6-8-13(12)18-11-9-15(2,3)14(16)19/h5-8H,4,9-11H2,1-3H3,(H2,16,19). The molecule has 0 aliphatic rings. The van der Waals surface area contributed by atoms with Crippen molar-refractivity contribution in [3.05, 3.63) is 24.3 Å². The lowest BCUT2D eigenvalue weighted by atomic mass is 9.90. The Morgan fingerprint density at radius 3 is 2.16 bits per heavy atom. The Labute approximate surface area is 121 Å². The average molecular weight is 281 g/mol. The van der Waals surface area contributed by atoms with E-state index in [9.17, 15) is 0 Å². The molecule has 0 aromatic heterocycles. The summed E-state index contributed by atoms with van der Waals surface area (Å²) in [5.41, 5.74) is 5.51. The fourth-order valence-electron chi connectivity index (χ4n) is 1.44. The Hall–Kier alpha value is -1.29. The summed E-state index contributed by atoms with van der Waals surface area (Å²) in [6.07, 6.45) is 1.76. The SMILES string of the molecule is CCCOc1ccccc1OCCC(C)(C)C(N)=S. The third-order valence-corrected chi connectivity index (χ3v) is 3.52. The molecule has 19 heavy (non-hydrogen) atoms. The van der Waals surface area contributed by atoms with E-state index in [-0.39, 0.29) is 5.41 Å². The summed E-state index contributed by atoms with van der Waals surface area (Å²) in [6, 6.07) is 7.71. The molecule has 0 spiro atoms. The maximum absolute atomic E-state index is 5.78. The highest BCUT2D eigenvalue weighted by Crippen LogP contribution is 2.28. The van der Waals surface area contributed by atoms with Crippen LogP contribution in [0.4, 0.5) is 0 Å². The molecule has 0 amide bonds. The molecule has 1 aromatic rings. The van der Waals surface area contributed by atoms with Gasteiger partial charge in [-0.15, -0.1) is 0 Å². The fourth-order valence-corrected chi connectivity index (χ4v) is 1.54. The highest BCUT2D eigenvalue weighted by Gasteiger charge is 2.21. The molecule has 0 saturated carbocycles. The minimum atomic E-state index is -0.186. The maximum atomic E-state index is 5.78. The molecule has 2 N–H and O–H groups in total. The van der Waals surface area contributed by atoms with Crippen LogP contribution in [0.15, 0.2) is 24.3 Å². The van der Waals surface area contributed by atoms with Crippen molar-refractivity contribution in [1.29, 1.82) is 0 Å². The second-order valence-corrected chi connectivity index (χ2v) is 5.58. The summed E-state index contributed by atoms with van der Waals surface area (Å²) in [6.45, 7) is 7.39. The van der Waals surface area contributed by atoms with Crippen LogP contribution in [-0.4, -0.2) is 18.2 Å². The Balaban J connectivity index is 2.55. The zero-order chi connectivity index (χ0) is 14.3. The van der Waals surface area contributed by atoms with Gasteiger partial charge in [0.2, 0.25) is 0 Å². The van der Waals surface area contributed by atoms with Crippen molar-refractivity contribution in [1.82, 2.24) is 0 Å². The van der Waals surface area contributed by atoms with Gasteiger partial charge in [-0.25, -0.2) is 0 Å². The molecule has 1 rings (SSSR count). The molecule has 4 heteroatoms. The largest absolute Gasteiger partial charge is 0.490 e. The van der Waals surface area contributed by atoms with Crippen molar-refractivity contribution >= 4 is 17.2 Å². The number of nitrogens with two attached hydrogens (primary N) is 1. The summed E-state index contributed by atoms with van der Waals surface area (Å²) >= 11 is 5.04. The number of thiocarbonyl (C=S) groups is 1. The number of hydrogen-bond donors (Lipinski definition) is 1. The third kappa shape index (κ3) is 5.07. The Morgan fingerprint density at radius 1 is 1.16 bits per heavy atom. The lowest BCUT2D eigenvalue weighted by Crippen LogP contribution is -2.31. The zero-order valence-electron chi connectivity index (χ0n) is 11.9. The van der Waals surface area contributed by atoms with E-state index >= 15 is 0 Å². The molecule has 0 aliphatic carbocycles.